The maximum absolute atomic E-state index is 12.7. The highest BCUT2D eigenvalue weighted by Crippen LogP contribution is 2.37. The van der Waals surface area contributed by atoms with Crippen molar-refractivity contribution in [2.75, 3.05) is 19.8 Å². The van der Waals surface area contributed by atoms with Crippen molar-refractivity contribution in [1.82, 2.24) is 0 Å². The zero-order chi connectivity index (χ0) is 22.9. The monoisotopic (exact) mass is 424 g/mol. The van der Waals surface area contributed by atoms with Crippen molar-refractivity contribution in [2.45, 2.75) is 59.8 Å². The van der Waals surface area contributed by atoms with Crippen LogP contribution in [0.5, 0.6) is 17.2 Å². The zero-order valence-corrected chi connectivity index (χ0v) is 19.8. The highest BCUT2D eigenvalue weighted by molar-refractivity contribution is 6.07. The molecule has 0 bridgehead atoms. The number of carbonyl (C=O) groups is 1. The van der Waals surface area contributed by atoms with Gasteiger partial charge < -0.3 is 14.2 Å². The summed E-state index contributed by atoms with van der Waals surface area (Å²) in [5, 5.41) is 0. The SMILES string of the molecule is CCCOc1cc(OCCC)c(C(C)(C)C)cc1/C=C/C(=O)c1ccc(OCC)cc1. The second-order valence-corrected chi connectivity index (χ2v) is 8.49. The Morgan fingerprint density at radius 1 is 0.871 bits per heavy atom. The summed E-state index contributed by atoms with van der Waals surface area (Å²) in [5.41, 5.74) is 2.49. The van der Waals surface area contributed by atoms with E-state index in [0.717, 1.165) is 41.2 Å². The third-order valence-electron chi connectivity index (χ3n) is 4.71. The Morgan fingerprint density at radius 2 is 1.48 bits per heavy atom. The molecule has 0 unspecified atom stereocenters. The van der Waals surface area contributed by atoms with Crippen molar-refractivity contribution in [3.63, 3.8) is 0 Å². The number of ketones is 1. The Bertz CT molecular complexity index is 873. The molecule has 0 aliphatic heterocycles. The first-order valence-electron chi connectivity index (χ1n) is 11.2. The fourth-order valence-corrected chi connectivity index (χ4v) is 3.11. The fraction of sp³-hybridized carbons (Fsp3) is 0.444. The van der Waals surface area contributed by atoms with Gasteiger partial charge in [-0.15, -0.1) is 0 Å². The summed E-state index contributed by atoms with van der Waals surface area (Å²) >= 11 is 0. The van der Waals surface area contributed by atoms with Crippen molar-refractivity contribution in [2.24, 2.45) is 0 Å². The lowest BCUT2D eigenvalue weighted by molar-refractivity contribution is 0.104. The minimum atomic E-state index is -0.103. The van der Waals surface area contributed by atoms with Crippen molar-refractivity contribution in [3.8, 4) is 17.2 Å². The van der Waals surface area contributed by atoms with Crippen LogP contribution in [-0.2, 0) is 5.41 Å². The zero-order valence-electron chi connectivity index (χ0n) is 19.8. The van der Waals surface area contributed by atoms with Crippen molar-refractivity contribution < 1.29 is 19.0 Å². The Kier molecular flexibility index (Phi) is 9.17. The highest BCUT2D eigenvalue weighted by atomic mass is 16.5. The van der Waals surface area contributed by atoms with Gasteiger partial charge in [-0.25, -0.2) is 0 Å². The average Bonchev–Trinajstić information content (AvgIpc) is 2.74. The van der Waals surface area contributed by atoms with Crippen molar-refractivity contribution in [3.05, 3.63) is 59.2 Å². The maximum Gasteiger partial charge on any atom is 0.185 e. The molecule has 2 aromatic rings. The van der Waals surface area contributed by atoms with Gasteiger partial charge in [0.05, 0.1) is 19.8 Å². The molecule has 0 aliphatic carbocycles. The van der Waals surface area contributed by atoms with Gasteiger partial charge >= 0.3 is 0 Å². The van der Waals surface area contributed by atoms with E-state index in [1.54, 1.807) is 18.2 Å². The van der Waals surface area contributed by atoms with Crippen LogP contribution in [0.3, 0.4) is 0 Å². The lowest BCUT2D eigenvalue weighted by Gasteiger charge is -2.25. The van der Waals surface area contributed by atoms with Crippen LogP contribution >= 0.6 is 0 Å². The minimum absolute atomic E-state index is 0.0619. The summed E-state index contributed by atoms with van der Waals surface area (Å²) in [4.78, 5) is 12.7. The van der Waals surface area contributed by atoms with Crippen LogP contribution in [0.1, 0.15) is 75.9 Å². The molecule has 0 fully saturated rings. The highest BCUT2D eigenvalue weighted by Gasteiger charge is 2.22. The summed E-state index contributed by atoms with van der Waals surface area (Å²) in [7, 11) is 0. The Morgan fingerprint density at radius 3 is 2.03 bits per heavy atom. The molecule has 4 heteroatoms. The number of carbonyl (C=O) groups excluding carboxylic acids is 1. The van der Waals surface area contributed by atoms with Crippen LogP contribution in [0.4, 0.5) is 0 Å². The molecule has 0 atom stereocenters. The van der Waals surface area contributed by atoms with Crippen LogP contribution in [0.25, 0.3) is 6.08 Å². The summed E-state index contributed by atoms with van der Waals surface area (Å²) < 4.78 is 17.5. The lowest BCUT2D eigenvalue weighted by Crippen LogP contribution is -2.15. The number of hydrogen-bond acceptors (Lipinski definition) is 4. The molecule has 0 heterocycles. The summed E-state index contributed by atoms with van der Waals surface area (Å²) in [6.45, 7) is 14.4. The van der Waals surface area contributed by atoms with Gasteiger partial charge in [-0.05, 0) is 67.7 Å². The lowest BCUT2D eigenvalue weighted by atomic mass is 9.85. The van der Waals surface area contributed by atoms with Crippen LogP contribution in [0, 0.1) is 0 Å². The first-order valence-corrected chi connectivity index (χ1v) is 11.2. The molecule has 2 aromatic carbocycles. The Hall–Kier alpha value is -2.75. The van der Waals surface area contributed by atoms with Crippen LogP contribution in [0.15, 0.2) is 42.5 Å². The third kappa shape index (κ3) is 7.16. The predicted octanol–water partition coefficient (Wildman–Crippen LogP) is 6.86. The number of ether oxygens (including phenoxy) is 3. The number of hydrogen-bond donors (Lipinski definition) is 0. The van der Waals surface area contributed by atoms with Crippen molar-refractivity contribution >= 4 is 11.9 Å². The molecule has 0 amide bonds. The van der Waals surface area contributed by atoms with Gasteiger partial charge in [0.2, 0.25) is 0 Å². The topological polar surface area (TPSA) is 44.8 Å². The second kappa shape index (κ2) is 11.6. The summed E-state index contributed by atoms with van der Waals surface area (Å²) in [5.74, 6) is 2.27. The van der Waals surface area contributed by atoms with Crippen LogP contribution in [-0.4, -0.2) is 25.6 Å². The molecule has 31 heavy (non-hydrogen) atoms. The molecule has 0 aromatic heterocycles. The van der Waals surface area contributed by atoms with Gasteiger partial charge in [0.15, 0.2) is 5.78 Å². The molecule has 0 spiro atoms. The molecule has 0 N–H and O–H groups in total. The maximum atomic E-state index is 12.7. The summed E-state index contributed by atoms with van der Waals surface area (Å²) in [6.07, 6.45) is 5.28. The molecule has 2 rings (SSSR count). The molecule has 4 nitrogen and oxygen atoms in total. The van der Waals surface area contributed by atoms with Gasteiger partial charge in [-0.2, -0.15) is 0 Å². The predicted molar refractivity (Wildman–Crippen MR) is 128 cm³/mol. The van der Waals surface area contributed by atoms with E-state index < -0.39 is 0 Å². The average molecular weight is 425 g/mol. The quantitative estimate of drug-likeness (QED) is 0.292. The third-order valence-corrected chi connectivity index (χ3v) is 4.71. The van der Waals surface area contributed by atoms with Crippen LogP contribution < -0.4 is 14.2 Å². The minimum Gasteiger partial charge on any atom is -0.494 e. The standard InChI is InChI=1S/C27H36O4/c1-7-16-30-25-19-26(31-17-8-2)23(27(4,5)6)18-21(25)12-15-24(28)20-10-13-22(14-11-20)29-9-3/h10-15,18-19H,7-9,16-17H2,1-6H3/b15-12+. The van der Waals surface area contributed by atoms with E-state index in [2.05, 4.69) is 40.7 Å². The van der Waals surface area contributed by atoms with E-state index in [4.69, 9.17) is 14.2 Å². The molecular formula is C27H36O4. The van der Waals surface area contributed by atoms with E-state index >= 15 is 0 Å². The molecule has 0 saturated carbocycles. The van der Waals surface area contributed by atoms with E-state index in [1.807, 2.05) is 31.2 Å². The first kappa shape index (κ1) is 24.5. The largest absolute Gasteiger partial charge is 0.494 e. The number of benzene rings is 2. The Balaban J connectivity index is 2.38. The van der Waals surface area contributed by atoms with E-state index in [-0.39, 0.29) is 11.2 Å². The first-order chi connectivity index (χ1) is 14.8. The number of allylic oxidation sites excluding steroid dienone is 1. The number of rotatable bonds is 11. The molecule has 0 radical (unpaired) electrons. The van der Waals surface area contributed by atoms with E-state index in [9.17, 15) is 4.79 Å². The smallest absolute Gasteiger partial charge is 0.185 e. The molecule has 0 saturated heterocycles. The normalized spacial score (nSPS) is 11.5. The summed E-state index contributed by atoms with van der Waals surface area (Å²) in [6, 6.07) is 11.3. The van der Waals surface area contributed by atoms with Crippen molar-refractivity contribution in [1.29, 1.82) is 0 Å². The molecule has 0 aliphatic rings. The van der Waals surface area contributed by atoms with Crippen LogP contribution in [0.2, 0.25) is 0 Å². The van der Waals surface area contributed by atoms with Gasteiger partial charge in [-0.1, -0.05) is 34.6 Å². The Labute approximate surface area is 187 Å². The van der Waals surface area contributed by atoms with Gasteiger partial charge in [-0.3, -0.25) is 4.79 Å². The van der Waals surface area contributed by atoms with Gasteiger partial charge in [0.1, 0.15) is 17.2 Å². The fourth-order valence-electron chi connectivity index (χ4n) is 3.11. The van der Waals surface area contributed by atoms with Gasteiger partial charge in [0, 0.05) is 22.8 Å². The second-order valence-electron chi connectivity index (χ2n) is 8.49. The van der Waals surface area contributed by atoms with E-state index in [1.165, 1.54) is 0 Å². The van der Waals surface area contributed by atoms with E-state index in [0.29, 0.717) is 25.4 Å². The molecule has 168 valence electrons. The van der Waals surface area contributed by atoms with Gasteiger partial charge in [0.25, 0.3) is 0 Å². The molecular weight excluding hydrogens is 388 g/mol.